The molecule has 4 heteroatoms. The Morgan fingerprint density at radius 3 is 3.07 bits per heavy atom. The zero-order valence-electron chi connectivity index (χ0n) is 8.49. The second-order valence-corrected chi connectivity index (χ2v) is 4.54. The lowest BCUT2D eigenvalue weighted by Gasteiger charge is -2.03. The number of rotatable bonds is 3. The summed E-state index contributed by atoms with van der Waals surface area (Å²) in [7, 11) is 0. The highest BCUT2D eigenvalue weighted by molar-refractivity contribution is 7.71. The maximum Gasteiger partial charge on any atom is 0.130 e. The lowest BCUT2D eigenvalue weighted by Crippen LogP contribution is -1.96. The Labute approximate surface area is 98.0 Å². The van der Waals surface area contributed by atoms with Gasteiger partial charge in [0.05, 0.1) is 5.69 Å². The third-order valence-electron chi connectivity index (χ3n) is 2.11. The molecule has 0 saturated heterocycles. The van der Waals surface area contributed by atoms with Gasteiger partial charge in [-0.1, -0.05) is 19.1 Å². The van der Waals surface area contributed by atoms with Crippen LogP contribution in [-0.4, -0.2) is 9.97 Å². The van der Waals surface area contributed by atoms with Gasteiger partial charge in [0.2, 0.25) is 0 Å². The molecule has 0 aliphatic heterocycles. The molecule has 0 aliphatic rings. The summed E-state index contributed by atoms with van der Waals surface area (Å²) < 4.78 is 0.665. The van der Waals surface area contributed by atoms with Gasteiger partial charge in [-0.15, -0.1) is 0 Å². The zero-order valence-corrected chi connectivity index (χ0v) is 10.1. The summed E-state index contributed by atoms with van der Waals surface area (Å²) >= 11 is 6.83. The van der Waals surface area contributed by atoms with Gasteiger partial charge in [0.1, 0.15) is 10.5 Å². The van der Waals surface area contributed by atoms with Gasteiger partial charge < -0.3 is 4.98 Å². The average Bonchev–Trinajstić information content (AvgIpc) is 2.70. The first kappa shape index (κ1) is 10.5. The van der Waals surface area contributed by atoms with Crippen molar-refractivity contribution in [3.8, 4) is 11.3 Å². The molecular formula is C11H12N2S2. The van der Waals surface area contributed by atoms with Crippen molar-refractivity contribution in [3.63, 3.8) is 0 Å². The molecule has 0 amide bonds. The second kappa shape index (κ2) is 4.68. The summed E-state index contributed by atoms with van der Waals surface area (Å²) in [5, 5.41) is 4.17. The minimum absolute atomic E-state index is 0.665. The minimum atomic E-state index is 0.665. The zero-order chi connectivity index (χ0) is 10.7. The number of nitrogens with one attached hydrogen (secondary N) is 1. The fourth-order valence-electron chi connectivity index (χ4n) is 1.44. The number of aromatic nitrogens is 2. The van der Waals surface area contributed by atoms with Crippen molar-refractivity contribution in [2.24, 2.45) is 0 Å². The topological polar surface area (TPSA) is 28.7 Å². The summed E-state index contributed by atoms with van der Waals surface area (Å²) in [5.74, 6) is 0.978. The summed E-state index contributed by atoms with van der Waals surface area (Å²) in [6.07, 6.45) is 2.02. The Morgan fingerprint density at radius 2 is 2.40 bits per heavy atom. The number of hydrogen-bond acceptors (Lipinski definition) is 3. The van der Waals surface area contributed by atoms with Crippen molar-refractivity contribution in [2.45, 2.75) is 19.8 Å². The van der Waals surface area contributed by atoms with Gasteiger partial charge in [0.25, 0.3) is 0 Å². The predicted molar refractivity (Wildman–Crippen MR) is 66.7 cm³/mol. The quantitative estimate of drug-likeness (QED) is 0.821. The van der Waals surface area contributed by atoms with E-state index in [1.807, 2.05) is 6.07 Å². The molecular weight excluding hydrogens is 224 g/mol. The molecule has 15 heavy (non-hydrogen) atoms. The van der Waals surface area contributed by atoms with E-state index >= 15 is 0 Å². The molecule has 0 atom stereocenters. The van der Waals surface area contributed by atoms with Crippen LogP contribution < -0.4 is 0 Å². The van der Waals surface area contributed by atoms with Crippen LogP contribution in [0.25, 0.3) is 11.3 Å². The van der Waals surface area contributed by atoms with E-state index in [1.165, 1.54) is 5.56 Å². The van der Waals surface area contributed by atoms with Gasteiger partial charge in [-0.3, -0.25) is 0 Å². The molecule has 1 N–H and O–H groups in total. The van der Waals surface area contributed by atoms with Crippen LogP contribution in [0.2, 0.25) is 0 Å². The molecule has 2 aromatic heterocycles. The maximum absolute atomic E-state index is 5.15. The van der Waals surface area contributed by atoms with Crippen LogP contribution in [0.3, 0.4) is 0 Å². The molecule has 0 radical (unpaired) electrons. The Morgan fingerprint density at radius 1 is 1.53 bits per heavy atom. The summed E-state index contributed by atoms with van der Waals surface area (Å²) in [6, 6.07) is 4.00. The summed E-state index contributed by atoms with van der Waals surface area (Å²) in [4.78, 5) is 7.61. The van der Waals surface area contributed by atoms with Crippen LogP contribution in [0.4, 0.5) is 0 Å². The second-order valence-electron chi connectivity index (χ2n) is 3.34. The Hall–Kier alpha value is -1.00. The maximum atomic E-state index is 5.15. The molecule has 2 nitrogen and oxygen atoms in total. The number of hydrogen-bond donors (Lipinski definition) is 1. The first-order chi connectivity index (χ1) is 7.29. The summed E-state index contributed by atoms with van der Waals surface area (Å²) in [6.45, 7) is 2.13. The normalized spacial score (nSPS) is 10.5. The van der Waals surface area contributed by atoms with E-state index in [1.54, 1.807) is 11.3 Å². The van der Waals surface area contributed by atoms with Crippen LogP contribution in [0, 0.1) is 4.64 Å². The van der Waals surface area contributed by atoms with E-state index < -0.39 is 0 Å². The third-order valence-corrected chi connectivity index (χ3v) is 3.00. The van der Waals surface area contributed by atoms with Gasteiger partial charge in [-0.2, -0.15) is 11.3 Å². The van der Waals surface area contributed by atoms with Gasteiger partial charge in [0, 0.05) is 17.4 Å². The first-order valence-corrected chi connectivity index (χ1v) is 6.27. The fraction of sp³-hybridized carbons (Fsp3) is 0.273. The molecule has 0 spiro atoms. The molecule has 78 valence electrons. The number of thiophene rings is 1. The fourth-order valence-corrected chi connectivity index (χ4v) is 2.32. The average molecular weight is 236 g/mol. The van der Waals surface area contributed by atoms with Crippen molar-refractivity contribution in [1.29, 1.82) is 0 Å². The van der Waals surface area contributed by atoms with Gasteiger partial charge >= 0.3 is 0 Å². The molecule has 0 fully saturated rings. The van der Waals surface area contributed by atoms with Crippen LogP contribution in [0.15, 0.2) is 22.9 Å². The molecule has 0 bridgehead atoms. The summed E-state index contributed by atoms with van der Waals surface area (Å²) in [5.41, 5.74) is 2.26. The molecule has 0 unspecified atom stereocenters. The van der Waals surface area contributed by atoms with E-state index in [0.29, 0.717) is 4.64 Å². The van der Waals surface area contributed by atoms with Crippen LogP contribution in [0.5, 0.6) is 0 Å². The van der Waals surface area contributed by atoms with Crippen molar-refractivity contribution in [2.75, 3.05) is 0 Å². The van der Waals surface area contributed by atoms with Crippen molar-refractivity contribution in [3.05, 3.63) is 33.4 Å². The monoisotopic (exact) mass is 236 g/mol. The van der Waals surface area contributed by atoms with Gasteiger partial charge in [-0.25, -0.2) is 4.98 Å². The standard InChI is InChI=1S/C11H12N2S2/c1-2-3-10-12-9(6-11(14)13-10)8-4-5-15-7-8/h4-7H,2-3H2,1H3,(H,12,13,14). The van der Waals surface area contributed by atoms with E-state index in [4.69, 9.17) is 12.2 Å². The Bertz CT molecular complexity index is 486. The smallest absolute Gasteiger partial charge is 0.130 e. The van der Waals surface area contributed by atoms with Crippen molar-refractivity contribution >= 4 is 23.6 Å². The molecule has 0 aromatic carbocycles. The highest BCUT2D eigenvalue weighted by atomic mass is 32.1. The van der Waals surface area contributed by atoms with Gasteiger partial charge in [0.15, 0.2) is 0 Å². The van der Waals surface area contributed by atoms with Gasteiger partial charge in [-0.05, 0) is 23.9 Å². The SMILES string of the molecule is CCCc1nc(=S)cc(-c2ccsc2)[nH]1. The van der Waals surface area contributed by atoms with E-state index in [2.05, 4.69) is 33.7 Å². The number of aryl methyl sites for hydroxylation is 1. The third kappa shape index (κ3) is 2.52. The molecule has 0 saturated carbocycles. The number of aromatic amines is 1. The number of H-pyrrole nitrogens is 1. The van der Waals surface area contributed by atoms with E-state index in [0.717, 1.165) is 24.4 Å². The molecule has 2 heterocycles. The van der Waals surface area contributed by atoms with Crippen LogP contribution in [-0.2, 0) is 6.42 Å². The van der Waals surface area contributed by atoms with E-state index in [9.17, 15) is 0 Å². The first-order valence-electron chi connectivity index (χ1n) is 4.92. The Kier molecular flexibility index (Phi) is 3.28. The lowest BCUT2D eigenvalue weighted by atomic mass is 10.2. The minimum Gasteiger partial charge on any atom is -0.343 e. The molecule has 2 rings (SSSR count). The molecule has 0 aliphatic carbocycles. The van der Waals surface area contributed by atoms with Crippen molar-refractivity contribution in [1.82, 2.24) is 9.97 Å². The lowest BCUT2D eigenvalue weighted by molar-refractivity contribution is 0.833. The predicted octanol–water partition coefficient (Wildman–Crippen LogP) is 3.82. The van der Waals surface area contributed by atoms with E-state index in [-0.39, 0.29) is 0 Å². The Balaban J connectivity index is 2.44. The highest BCUT2D eigenvalue weighted by Crippen LogP contribution is 2.20. The number of nitrogens with zero attached hydrogens (tertiary/aromatic N) is 1. The molecule has 2 aromatic rings. The van der Waals surface area contributed by atoms with Crippen LogP contribution in [0.1, 0.15) is 19.2 Å². The largest absolute Gasteiger partial charge is 0.343 e. The highest BCUT2D eigenvalue weighted by Gasteiger charge is 2.01. The van der Waals surface area contributed by atoms with Crippen LogP contribution >= 0.6 is 23.6 Å². The van der Waals surface area contributed by atoms with Crippen molar-refractivity contribution < 1.29 is 0 Å².